The van der Waals surface area contributed by atoms with Gasteiger partial charge in [-0.25, -0.2) is 13.1 Å². The van der Waals surface area contributed by atoms with Crippen molar-refractivity contribution in [1.29, 1.82) is 0 Å². The van der Waals surface area contributed by atoms with Gasteiger partial charge in [0.05, 0.1) is 12.3 Å². The van der Waals surface area contributed by atoms with E-state index in [0.717, 1.165) is 19.3 Å². The Bertz CT molecular complexity index is 363. The number of carbonyl (C=O) groups is 1. The van der Waals surface area contributed by atoms with E-state index < -0.39 is 10.0 Å². The molecule has 2 fully saturated rings. The lowest BCUT2D eigenvalue weighted by atomic mass is 10.1. The van der Waals surface area contributed by atoms with Crippen molar-refractivity contribution in [1.82, 2.24) is 14.9 Å². The fraction of sp³-hybridized carbons (Fsp3) is 0.875. The van der Waals surface area contributed by atoms with E-state index in [4.69, 9.17) is 0 Å². The summed E-state index contributed by atoms with van der Waals surface area (Å²) in [4.78, 5) is 13.3. The highest BCUT2D eigenvalue weighted by Crippen LogP contribution is 2.17. The summed E-state index contributed by atoms with van der Waals surface area (Å²) in [5.41, 5.74) is 0. The van der Waals surface area contributed by atoms with E-state index in [1.165, 1.54) is 0 Å². The fourth-order valence-electron chi connectivity index (χ4n) is 1.96. The summed E-state index contributed by atoms with van der Waals surface area (Å²) in [5, 5.41) is 3.09. The Labute approximate surface area is 89.1 Å². The highest BCUT2D eigenvalue weighted by atomic mass is 32.2. The van der Waals surface area contributed by atoms with Crippen molar-refractivity contribution >= 4 is 15.9 Å². The Morgan fingerprint density at radius 1 is 1.47 bits per heavy atom. The number of carbonyl (C=O) groups excluding carboxylic acids is 1. The normalized spacial score (nSPS) is 28.2. The number of hydrogen-bond acceptors (Lipinski definition) is 4. The third kappa shape index (κ3) is 2.47. The molecule has 86 valence electrons. The predicted molar refractivity (Wildman–Crippen MR) is 54.8 cm³/mol. The molecule has 0 spiro atoms. The zero-order valence-electron chi connectivity index (χ0n) is 8.56. The topological polar surface area (TPSA) is 78.5 Å². The minimum absolute atomic E-state index is 0.0441. The first-order chi connectivity index (χ1) is 6.96. The van der Waals surface area contributed by atoms with Crippen LogP contribution in [0.4, 0.5) is 0 Å². The van der Waals surface area contributed by atoms with Gasteiger partial charge in [-0.2, -0.15) is 0 Å². The number of likely N-dealkylation sites (tertiary alicyclic amines) is 1. The van der Waals surface area contributed by atoms with Gasteiger partial charge in [0.25, 0.3) is 0 Å². The van der Waals surface area contributed by atoms with Crippen molar-refractivity contribution < 1.29 is 13.2 Å². The molecule has 6 nitrogen and oxygen atoms in total. The first-order valence-corrected chi connectivity index (χ1v) is 6.82. The highest BCUT2D eigenvalue weighted by Gasteiger charge is 2.37. The Morgan fingerprint density at radius 3 is 2.60 bits per heavy atom. The average molecular weight is 233 g/mol. The number of hydrogen-bond donors (Lipinski definition) is 2. The highest BCUT2D eigenvalue weighted by molar-refractivity contribution is 7.88. The van der Waals surface area contributed by atoms with Gasteiger partial charge in [0.2, 0.25) is 15.9 Å². The van der Waals surface area contributed by atoms with Crippen LogP contribution in [0.2, 0.25) is 0 Å². The van der Waals surface area contributed by atoms with Crippen LogP contribution in [0.3, 0.4) is 0 Å². The molecule has 7 heteroatoms. The van der Waals surface area contributed by atoms with Crippen molar-refractivity contribution in [3.8, 4) is 0 Å². The summed E-state index contributed by atoms with van der Waals surface area (Å²) < 4.78 is 24.5. The minimum Gasteiger partial charge on any atom is -0.335 e. The minimum atomic E-state index is -3.21. The second-order valence-corrected chi connectivity index (χ2v) is 5.93. The van der Waals surface area contributed by atoms with Crippen LogP contribution in [0.15, 0.2) is 0 Å². The molecular formula is C8H15N3O3S. The average Bonchev–Trinajstić information content (AvgIpc) is 2.24. The molecular weight excluding hydrogens is 218 g/mol. The van der Waals surface area contributed by atoms with Crippen LogP contribution in [-0.4, -0.2) is 57.2 Å². The Hall–Kier alpha value is -0.660. The van der Waals surface area contributed by atoms with Crippen LogP contribution < -0.4 is 10.0 Å². The van der Waals surface area contributed by atoms with Crippen LogP contribution >= 0.6 is 0 Å². The number of rotatable bonds is 3. The van der Waals surface area contributed by atoms with Gasteiger partial charge in [0, 0.05) is 32.1 Å². The summed E-state index contributed by atoms with van der Waals surface area (Å²) in [6.45, 7) is 2.13. The van der Waals surface area contributed by atoms with E-state index in [-0.39, 0.29) is 24.4 Å². The van der Waals surface area contributed by atoms with Crippen molar-refractivity contribution in [2.75, 3.05) is 25.9 Å². The zero-order chi connectivity index (χ0) is 11.1. The van der Waals surface area contributed by atoms with Gasteiger partial charge in [-0.3, -0.25) is 4.79 Å². The summed E-state index contributed by atoms with van der Waals surface area (Å²) >= 11 is 0. The molecule has 0 aromatic rings. The molecule has 0 aromatic carbocycles. The van der Waals surface area contributed by atoms with Gasteiger partial charge in [-0.15, -0.1) is 0 Å². The zero-order valence-corrected chi connectivity index (χ0v) is 9.38. The number of nitrogens with one attached hydrogen (secondary N) is 2. The van der Waals surface area contributed by atoms with Crippen LogP contribution in [0, 0.1) is 0 Å². The number of nitrogens with zero attached hydrogens (tertiary/aromatic N) is 1. The molecule has 2 aliphatic rings. The van der Waals surface area contributed by atoms with E-state index >= 15 is 0 Å². The van der Waals surface area contributed by atoms with E-state index in [1.807, 2.05) is 0 Å². The summed E-state index contributed by atoms with van der Waals surface area (Å²) in [6, 6.07) is -0.00281. The Morgan fingerprint density at radius 2 is 2.13 bits per heavy atom. The third-order valence-electron chi connectivity index (χ3n) is 2.74. The molecule has 2 saturated heterocycles. The maximum atomic E-state index is 11.6. The summed E-state index contributed by atoms with van der Waals surface area (Å²) in [7, 11) is -3.21. The Kier molecular flexibility index (Phi) is 2.70. The maximum absolute atomic E-state index is 11.6. The van der Waals surface area contributed by atoms with Crippen molar-refractivity contribution in [3.63, 3.8) is 0 Å². The second kappa shape index (κ2) is 3.73. The standard InChI is InChI=1S/C8H15N3O3S/c1-15(13,14)10-6-2-8(12)11(5-6)7-3-9-4-7/h6-7,9-10H,2-5H2,1H3. The fourth-order valence-corrected chi connectivity index (χ4v) is 2.72. The lowest BCUT2D eigenvalue weighted by Gasteiger charge is -2.35. The van der Waals surface area contributed by atoms with Crippen molar-refractivity contribution in [3.05, 3.63) is 0 Å². The molecule has 15 heavy (non-hydrogen) atoms. The largest absolute Gasteiger partial charge is 0.335 e. The molecule has 2 heterocycles. The van der Waals surface area contributed by atoms with Gasteiger partial charge < -0.3 is 10.2 Å². The van der Waals surface area contributed by atoms with Gasteiger partial charge in [0.15, 0.2) is 0 Å². The summed E-state index contributed by atoms with van der Waals surface area (Å²) in [6.07, 6.45) is 1.40. The van der Waals surface area contributed by atoms with Gasteiger partial charge in [-0.05, 0) is 0 Å². The molecule has 0 saturated carbocycles. The van der Waals surface area contributed by atoms with Crippen molar-refractivity contribution in [2.24, 2.45) is 0 Å². The molecule has 0 aliphatic carbocycles. The van der Waals surface area contributed by atoms with E-state index in [9.17, 15) is 13.2 Å². The lowest BCUT2D eigenvalue weighted by Crippen LogP contribution is -2.58. The van der Waals surface area contributed by atoms with Crippen LogP contribution in [0.1, 0.15) is 6.42 Å². The maximum Gasteiger partial charge on any atom is 0.224 e. The molecule has 2 aliphatic heterocycles. The SMILES string of the molecule is CS(=O)(=O)NC1CC(=O)N(C2CNC2)C1. The smallest absolute Gasteiger partial charge is 0.224 e. The van der Waals surface area contributed by atoms with Gasteiger partial charge in [0.1, 0.15) is 0 Å². The molecule has 2 N–H and O–H groups in total. The van der Waals surface area contributed by atoms with Crippen LogP contribution in [-0.2, 0) is 14.8 Å². The molecule has 1 atom stereocenters. The number of sulfonamides is 1. The van der Waals surface area contributed by atoms with E-state index in [2.05, 4.69) is 10.0 Å². The monoisotopic (exact) mass is 233 g/mol. The Balaban J connectivity index is 1.94. The molecule has 0 radical (unpaired) electrons. The molecule has 0 aromatic heterocycles. The molecule has 0 bridgehead atoms. The first-order valence-electron chi connectivity index (χ1n) is 4.93. The van der Waals surface area contributed by atoms with Crippen LogP contribution in [0.25, 0.3) is 0 Å². The van der Waals surface area contributed by atoms with E-state index in [1.54, 1.807) is 4.90 Å². The lowest BCUT2D eigenvalue weighted by molar-refractivity contribution is -0.130. The molecule has 1 unspecified atom stereocenters. The quantitative estimate of drug-likeness (QED) is 0.597. The molecule has 1 amide bonds. The van der Waals surface area contributed by atoms with E-state index in [0.29, 0.717) is 6.54 Å². The second-order valence-electron chi connectivity index (χ2n) is 4.15. The van der Waals surface area contributed by atoms with Crippen molar-refractivity contribution in [2.45, 2.75) is 18.5 Å². The third-order valence-corrected chi connectivity index (χ3v) is 3.50. The van der Waals surface area contributed by atoms with Gasteiger partial charge >= 0.3 is 0 Å². The first kappa shape index (κ1) is 10.8. The van der Waals surface area contributed by atoms with Crippen LogP contribution in [0.5, 0.6) is 0 Å². The number of amides is 1. The molecule has 2 rings (SSSR count). The predicted octanol–water partition coefficient (Wildman–Crippen LogP) is -1.89. The van der Waals surface area contributed by atoms with Gasteiger partial charge in [-0.1, -0.05) is 0 Å². The summed E-state index contributed by atoms with van der Waals surface area (Å²) in [5.74, 6) is 0.0441.